The Bertz CT molecular complexity index is 2130. The van der Waals surface area contributed by atoms with Crippen LogP contribution in [0.5, 0.6) is 0 Å². The van der Waals surface area contributed by atoms with Gasteiger partial charge < -0.3 is 33.8 Å². The van der Waals surface area contributed by atoms with Crippen molar-refractivity contribution in [2.75, 3.05) is 39.6 Å². The molecule has 0 heterocycles. The lowest BCUT2D eigenvalue weighted by Gasteiger charge is -2.21. The Kier molecular flexibility index (Phi) is 78.1. The van der Waals surface area contributed by atoms with Gasteiger partial charge in [0.25, 0.3) is 0 Å². The Labute approximate surface area is 677 Å². The molecule has 654 valence electrons. The zero-order valence-electron chi connectivity index (χ0n) is 72.9. The van der Waals surface area contributed by atoms with Gasteiger partial charge in [-0.15, -0.1) is 0 Å². The summed E-state index contributed by atoms with van der Waals surface area (Å²) in [6.07, 6.45) is 71.0. The van der Waals surface area contributed by atoms with E-state index in [1.165, 1.54) is 276 Å². The number of aliphatic hydroxyl groups excluding tert-OH is 1. The van der Waals surface area contributed by atoms with Gasteiger partial charge in [0, 0.05) is 25.7 Å². The van der Waals surface area contributed by atoms with Crippen molar-refractivity contribution in [3.8, 4) is 0 Å². The van der Waals surface area contributed by atoms with Crippen molar-refractivity contribution < 1.29 is 80.2 Å². The minimum absolute atomic E-state index is 0.107. The normalized spacial score (nSPS) is 14.3. The highest BCUT2D eigenvalue weighted by Gasteiger charge is 2.31. The van der Waals surface area contributed by atoms with Crippen LogP contribution in [0.25, 0.3) is 0 Å². The number of carbonyl (C=O) groups is 4. The third kappa shape index (κ3) is 81.2. The molecule has 7 atom stereocenters. The van der Waals surface area contributed by atoms with Gasteiger partial charge >= 0.3 is 39.5 Å². The average Bonchev–Trinajstić information content (AvgIpc) is 0.897. The summed E-state index contributed by atoms with van der Waals surface area (Å²) in [7, 11) is -9.94. The van der Waals surface area contributed by atoms with Crippen LogP contribution < -0.4 is 0 Å². The number of phosphoric ester groups is 2. The third-order valence-electron chi connectivity index (χ3n) is 22.0. The maximum Gasteiger partial charge on any atom is 0.472 e. The van der Waals surface area contributed by atoms with Crippen molar-refractivity contribution >= 4 is 39.5 Å². The molecule has 0 radical (unpaired) electrons. The number of ether oxygens (including phenoxy) is 4. The van der Waals surface area contributed by atoms with Crippen LogP contribution in [0.4, 0.5) is 0 Å². The highest BCUT2D eigenvalue weighted by atomic mass is 31.2. The molecule has 0 aromatic carbocycles. The lowest BCUT2D eigenvalue weighted by molar-refractivity contribution is -0.161. The number of rotatable bonds is 88. The summed E-state index contributed by atoms with van der Waals surface area (Å²) >= 11 is 0. The van der Waals surface area contributed by atoms with Crippen molar-refractivity contribution in [1.82, 2.24) is 0 Å². The number of unbranched alkanes of at least 4 members (excludes halogenated alkanes) is 52. The fraction of sp³-hybridized carbons (Fsp3) is 0.956. The standard InChI is InChI=1S/C91H178O17P2/c1-9-83(7)69-61-53-44-38-32-26-20-16-12-14-18-22-29-35-41-47-57-65-74-91(96)108-87(78-102-89(94)72-64-56-50-49-52-60-68-82(5)6)80-106-110(99,100)104-76-85(92)75-103-109(97,98)105-79-86(107-90(95)73-66-58-48-42-36-30-24-23-27-33-39-45-54-62-70-84(8)10-2)77-101-88(93)71-63-55-46-40-34-28-21-17-13-11-15-19-25-31-37-43-51-59-67-81(3)4/h81-87,92H,9-80H2,1-8H3,(H,97,98)(H,99,100)/t83?,84?,85-,86-,87-/m1/s1. The molecule has 3 N–H and O–H groups in total. The smallest absolute Gasteiger partial charge is 0.462 e. The average molecular weight is 1610 g/mol. The van der Waals surface area contributed by atoms with Crippen molar-refractivity contribution in [1.29, 1.82) is 0 Å². The van der Waals surface area contributed by atoms with Gasteiger partial charge in [-0.2, -0.15) is 0 Å². The van der Waals surface area contributed by atoms with Crippen LogP contribution in [0.3, 0.4) is 0 Å². The van der Waals surface area contributed by atoms with Gasteiger partial charge in [-0.05, 0) is 49.4 Å². The Morgan fingerprint density at radius 1 is 0.255 bits per heavy atom. The molecule has 0 aliphatic carbocycles. The Morgan fingerprint density at radius 2 is 0.436 bits per heavy atom. The minimum Gasteiger partial charge on any atom is -0.462 e. The van der Waals surface area contributed by atoms with E-state index in [1.807, 2.05) is 0 Å². The van der Waals surface area contributed by atoms with Crippen LogP contribution in [0.1, 0.15) is 479 Å². The van der Waals surface area contributed by atoms with E-state index in [9.17, 15) is 43.2 Å². The predicted octanol–water partition coefficient (Wildman–Crippen LogP) is 27.9. The second-order valence-electron chi connectivity index (χ2n) is 34.1. The molecule has 0 amide bonds. The van der Waals surface area contributed by atoms with Gasteiger partial charge in [-0.25, -0.2) is 9.13 Å². The lowest BCUT2D eigenvalue weighted by Crippen LogP contribution is -2.30. The van der Waals surface area contributed by atoms with Gasteiger partial charge in [0.2, 0.25) is 0 Å². The highest BCUT2D eigenvalue weighted by molar-refractivity contribution is 7.47. The summed E-state index contributed by atoms with van der Waals surface area (Å²) in [6, 6.07) is 0. The first kappa shape index (κ1) is 108. The molecular weight excluding hydrogens is 1430 g/mol. The fourth-order valence-electron chi connectivity index (χ4n) is 14.1. The molecule has 0 saturated carbocycles. The lowest BCUT2D eigenvalue weighted by atomic mass is 9.99. The first-order valence-corrected chi connectivity index (χ1v) is 49.8. The second kappa shape index (κ2) is 79.5. The first-order chi connectivity index (χ1) is 53.2. The molecule has 110 heavy (non-hydrogen) atoms. The first-order valence-electron chi connectivity index (χ1n) is 46.8. The quantitative estimate of drug-likeness (QED) is 0.0222. The topological polar surface area (TPSA) is 237 Å². The predicted molar refractivity (Wildman–Crippen MR) is 455 cm³/mol. The Balaban J connectivity index is 5.18. The van der Waals surface area contributed by atoms with Gasteiger partial charge in [0.1, 0.15) is 19.3 Å². The Hall–Kier alpha value is -1.94. The molecule has 0 bridgehead atoms. The van der Waals surface area contributed by atoms with Gasteiger partial charge in [0.15, 0.2) is 12.2 Å². The fourth-order valence-corrected chi connectivity index (χ4v) is 15.7. The SMILES string of the molecule is CCC(C)CCCCCCCCCCCCCCCCCCCCC(=O)O[C@H](COC(=O)CCCCCCCCC(C)C)COP(=O)(O)OC[C@H](O)COP(=O)(O)OC[C@@H](COC(=O)CCCCCCCCCCCCCCCCCCCCC(C)C)OC(=O)CCCCCCCCCCCCCCCCC(C)CC. The number of aliphatic hydroxyl groups is 1. The van der Waals surface area contributed by atoms with E-state index >= 15 is 0 Å². The summed E-state index contributed by atoms with van der Waals surface area (Å²) in [4.78, 5) is 73.3. The van der Waals surface area contributed by atoms with Gasteiger partial charge in [-0.1, -0.05) is 428 Å². The van der Waals surface area contributed by atoms with E-state index in [0.29, 0.717) is 31.6 Å². The van der Waals surface area contributed by atoms with Crippen LogP contribution in [0, 0.1) is 23.7 Å². The van der Waals surface area contributed by atoms with E-state index in [0.717, 1.165) is 114 Å². The van der Waals surface area contributed by atoms with Crippen LogP contribution >= 0.6 is 15.6 Å². The zero-order valence-corrected chi connectivity index (χ0v) is 74.7. The second-order valence-corrected chi connectivity index (χ2v) is 37.0. The van der Waals surface area contributed by atoms with Crippen molar-refractivity contribution in [2.45, 2.75) is 497 Å². The molecule has 0 rings (SSSR count). The third-order valence-corrected chi connectivity index (χ3v) is 23.9. The summed E-state index contributed by atoms with van der Waals surface area (Å²) in [5.41, 5.74) is 0. The van der Waals surface area contributed by atoms with Gasteiger partial charge in [-0.3, -0.25) is 37.3 Å². The van der Waals surface area contributed by atoms with Crippen molar-refractivity contribution in [3.63, 3.8) is 0 Å². The number of phosphoric acid groups is 2. The zero-order chi connectivity index (χ0) is 80.9. The van der Waals surface area contributed by atoms with Crippen LogP contribution in [-0.2, 0) is 65.4 Å². The largest absolute Gasteiger partial charge is 0.472 e. The van der Waals surface area contributed by atoms with Crippen LogP contribution in [0.2, 0.25) is 0 Å². The van der Waals surface area contributed by atoms with Crippen LogP contribution in [0.15, 0.2) is 0 Å². The minimum atomic E-state index is -4.97. The molecule has 0 saturated heterocycles. The molecule has 0 aromatic heterocycles. The summed E-state index contributed by atoms with van der Waals surface area (Å²) < 4.78 is 69.0. The molecule has 0 spiro atoms. The molecule has 0 aliphatic heterocycles. The highest BCUT2D eigenvalue weighted by Crippen LogP contribution is 2.45. The molecule has 0 aliphatic rings. The van der Waals surface area contributed by atoms with Gasteiger partial charge in [0.05, 0.1) is 26.4 Å². The summed E-state index contributed by atoms with van der Waals surface area (Å²) in [5, 5.41) is 10.7. The number of hydrogen-bond donors (Lipinski definition) is 3. The van der Waals surface area contributed by atoms with E-state index in [2.05, 4.69) is 55.4 Å². The maximum absolute atomic E-state index is 13.2. The van der Waals surface area contributed by atoms with E-state index in [-0.39, 0.29) is 25.7 Å². The van der Waals surface area contributed by atoms with Crippen molar-refractivity contribution in [2.24, 2.45) is 23.7 Å². The molecule has 0 fully saturated rings. The Morgan fingerprint density at radius 3 is 0.645 bits per heavy atom. The van der Waals surface area contributed by atoms with E-state index in [1.54, 1.807) is 0 Å². The van der Waals surface area contributed by atoms with Crippen LogP contribution in [-0.4, -0.2) is 96.7 Å². The molecule has 4 unspecified atom stereocenters. The van der Waals surface area contributed by atoms with Crippen molar-refractivity contribution in [3.05, 3.63) is 0 Å². The molecule has 17 nitrogen and oxygen atoms in total. The number of carbonyl (C=O) groups excluding carboxylic acids is 4. The number of hydrogen-bond acceptors (Lipinski definition) is 15. The monoisotopic (exact) mass is 1610 g/mol. The number of esters is 4. The summed E-state index contributed by atoms with van der Waals surface area (Å²) in [5.74, 6) is 1.11. The maximum atomic E-state index is 13.2. The molecule has 19 heteroatoms. The van der Waals surface area contributed by atoms with E-state index < -0.39 is 97.5 Å². The molecular formula is C91H178O17P2. The summed E-state index contributed by atoms with van der Waals surface area (Å²) in [6.45, 7) is 14.4. The van der Waals surface area contributed by atoms with E-state index in [4.69, 9.17) is 37.0 Å². The molecule has 0 aromatic rings.